The fourth-order valence-electron chi connectivity index (χ4n) is 10.0. The lowest BCUT2D eigenvalue weighted by Crippen LogP contribution is -2.31. The van der Waals surface area contributed by atoms with Gasteiger partial charge in [0.05, 0.1) is 28.2 Å². The number of benzene rings is 7. The van der Waals surface area contributed by atoms with Gasteiger partial charge < -0.3 is 0 Å². The second kappa shape index (κ2) is 16.3. The first-order valence-electron chi connectivity index (χ1n) is 22.7. The molecule has 0 fully saturated rings. The predicted octanol–water partition coefficient (Wildman–Crippen LogP) is 14.6. The second-order valence-electron chi connectivity index (χ2n) is 17.0. The topological polar surface area (TPSA) is 77.3 Å². The summed E-state index contributed by atoms with van der Waals surface area (Å²) < 4.78 is 0. The van der Waals surface area contributed by atoms with E-state index >= 15 is 0 Å². The van der Waals surface area contributed by atoms with Gasteiger partial charge >= 0.3 is 0 Å². The van der Waals surface area contributed by atoms with Gasteiger partial charge in [0.15, 0.2) is 17.5 Å². The molecule has 0 unspecified atom stereocenters. The molecule has 0 radical (unpaired) electrons. The highest BCUT2D eigenvalue weighted by Crippen LogP contribution is 2.62. The summed E-state index contributed by atoms with van der Waals surface area (Å²) in [5.74, 6) is 1.91. The van der Waals surface area contributed by atoms with E-state index in [4.69, 9.17) is 29.9 Å². The molecule has 0 bridgehead atoms. The maximum absolute atomic E-state index is 5.09. The molecule has 0 N–H and O–H groups in total. The molecule has 4 aromatic heterocycles. The third-order valence-corrected chi connectivity index (χ3v) is 14.3. The average Bonchev–Trinajstić information content (AvgIpc) is 3.70. The number of hydrogen-bond acceptors (Lipinski definition) is 7. The normalized spacial score (nSPS) is 12.8. The first-order valence-corrected chi connectivity index (χ1v) is 23.5. The summed E-state index contributed by atoms with van der Waals surface area (Å²) in [5.41, 5.74) is 17.4. The van der Waals surface area contributed by atoms with Crippen LogP contribution in [0.4, 0.5) is 0 Å². The maximum atomic E-state index is 5.09. The summed E-state index contributed by atoms with van der Waals surface area (Å²) in [6.45, 7) is 0. The molecule has 13 rings (SSSR count). The van der Waals surface area contributed by atoms with Crippen LogP contribution >= 0.6 is 11.8 Å². The van der Waals surface area contributed by atoms with E-state index in [1.165, 1.54) is 43.2 Å². The molecule has 5 heterocycles. The number of hydrogen-bond donors (Lipinski definition) is 0. The number of rotatable bonds is 7. The molecule has 1 aliphatic carbocycles. The Labute approximate surface area is 398 Å². The van der Waals surface area contributed by atoms with Crippen molar-refractivity contribution in [1.82, 2.24) is 29.9 Å². The Morgan fingerprint density at radius 1 is 0.279 bits per heavy atom. The second-order valence-corrected chi connectivity index (χ2v) is 18.1. The fraction of sp³-hybridized carbons (Fsp3) is 0.0164. The molecule has 2 aliphatic rings. The molecular formula is C61H38N6S. The van der Waals surface area contributed by atoms with Crippen molar-refractivity contribution < 1.29 is 0 Å². The van der Waals surface area contributed by atoms with Crippen LogP contribution in [0.5, 0.6) is 0 Å². The lowest BCUT2D eigenvalue weighted by molar-refractivity contribution is 0.722. The molecular weight excluding hydrogens is 849 g/mol. The third kappa shape index (κ3) is 6.66. The van der Waals surface area contributed by atoms with E-state index in [2.05, 4.69) is 121 Å². The summed E-state index contributed by atoms with van der Waals surface area (Å²) in [4.78, 5) is 32.0. The van der Waals surface area contributed by atoms with Gasteiger partial charge in [-0.2, -0.15) is 0 Å². The lowest BCUT2D eigenvalue weighted by atomic mass is 9.67. The van der Waals surface area contributed by atoms with E-state index in [0.29, 0.717) is 17.5 Å². The van der Waals surface area contributed by atoms with Crippen LogP contribution in [0.3, 0.4) is 0 Å². The third-order valence-electron chi connectivity index (χ3n) is 13.1. The summed E-state index contributed by atoms with van der Waals surface area (Å²) in [6, 6.07) is 77.0. The van der Waals surface area contributed by atoms with Gasteiger partial charge in [-0.15, -0.1) is 0 Å². The molecule has 68 heavy (non-hydrogen) atoms. The van der Waals surface area contributed by atoms with E-state index in [0.717, 1.165) is 61.7 Å². The van der Waals surface area contributed by atoms with Gasteiger partial charge in [-0.1, -0.05) is 169 Å². The standard InChI is InChI=1S/C61H38N6S/c1-3-15-40(16-4-1)58-65-59(41-17-5-2-6-18-41)67-60(66-58)42-27-25-39(26-28-42)43-29-31-48-46(35-43)47-36-44(45-37-54(52-21-11-13-33-62-52)64-55(38-45)53-22-12-14-34-63-53)30-32-49(47)61(48)50-19-7-9-23-56(50)68-57-24-10-8-20-51(57)61/h1-38H. The van der Waals surface area contributed by atoms with Crippen molar-refractivity contribution in [3.8, 4) is 90.3 Å². The molecule has 7 heteroatoms. The monoisotopic (exact) mass is 886 g/mol. The van der Waals surface area contributed by atoms with Crippen LogP contribution < -0.4 is 0 Å². The van der Waals surface area contributed by atoms with Gasteiger partial charge in [0.2, 0.25) is 0 Å². The Morgan fingerprint density at radius 3 is 1.18 bits per heavy atom. The highest BCUT2D eigenvalue weighted by Gasteiger charge is 2.50. The minimum atomic E-state index is -0.522. The fourth-order valence-corrected chi connectivity index (χ4v) is 11.2. The van der Waals surface area contributed by atoms with E-state index in [-0.39, 0.29) is 0 Å². The molecule has 0 saturated heterocycles. The van der Waals surface area contributed by atoms with Crippen molar-refractivity contribution in [2.24, 2.45) is 0 Å². The van der Waals surface area contributed by atoms with Crippen LogP contribution in [0.1, 0.15) is 22.3 Å². The average molecular weight is 887 g/mol. The maximum Gasteiger partial charge on any atom is 0.164 e. The van der Waals surface area contributed by atoms with E-state index in [1.54, 1.807) is 0 Å². The first kappa shape index (κ1) is 39.7. The SMILES string of the molecule is c1ccc(-c2nc(-c3ccccc3)nc(-c3ccc(-c4ccc5c(c4)-c4cc(-c6cc(-c7ccccn7)nc(-c7ccccn7)c6)ccc4C54c5ccccc5Sc5ccccc54)cc3)n2)cc1. The Balaban J connectivity index is 0.975. The van der Waals surface area contributed by atoms with Gasteiger partial charge in [0.25, 0.3) is 0 Å². The molecule has 6 nitrogen and oxygen atoms in total. The summed E-state index contributed by atoms with van der Waals surface area (Å²) in [6.07, 6.45) is 3.63. The van der Waals surface area contributed by atoms with E-state index < -0.39 is 5.41 Å². The first-order chi connectivity index (χ1) is 33.7. The van der Waals surface area contributed by atoms with E-state index in [9.17, 15) is 0 Å². The van der Waals surface area contributed by atoms with Gasteiger partial charge in [0, 0.05) is 38.9 Å². The Kier molecular flexibility index (Phi) is 9.54. The van der Waals surface area contributed by atoms with Crippen LogP contribution in [0, 0.1) is 0 Å². The van der Waals surface area contributed by atoms with Gasteiger partial charge in [-0.25, -0.2) is 19.9 Å². The van der Waals surface area contributed by atoms with Crippen LogP contribution in [-0.4, -0.2) is 29.9 Å². The van der Waals surface area contributed by atoms with Gasteiger partial charge in [-0.05, 0) is 116 Å². The van der Waals surface area contributed by atoms with Crippen molar-refractivity contribution in [2.75, 3.05) is 0 Å². The molecule has 0 saturated carbocycles. The molecule has 11 aromatic rings. The zero-order chi connectivity index (χ0) is 45.0. The minimum absolute atomic E-state index is 0.522. The molecule has 318 valence electrons. The van der Waals surface area contributed by atoms with Crippen molar-refractivity contribution in [3.05, 3.63) is 253 Å². The molecule has 1 aliphatic heterocycles. The van der Waals surface area contributed by atoms with Crippen molar-refractivity contribution in [3.63, 3.8) is 0 Å². The van der Waals surface area contributed by atoms with Crippen molar-refractivity contribution >= 4 is 11.8 Å². The number of pyridine rings is 3. The summed E-state index contributed by atoms with van der Waals surface area (Å²) in [7, 11) is 0. The zero-order valence-corrected chi connectivity index (χ0v) is 37.3. The van der Waals surface area contributed by atoms with E-state index in [1.807, 2.05) is 121 Å². The quantitative estimate of drug-likeness (QED) is 0.158. The Morgan fingerprint density at radius 2 is 0.691 bits per heavy atom. The summed E-state index contributed by atoms with van der Waals surface area (Å²) >= 11 is 1.86. The van der Waals surface area contributed by atoms with Crippen molar-refractivity contribution in [1.29, 1.82) is 0 Å². The Bertz CT molecular complexity index is 3530. The highest BCUT2D eigenvalue weighted by molar-refractivity contribution is 7.99. The largest absolute Gasteiger partial charge is 0.255 e. The van der Waals surface area contributed by atoms with Crippen LogP contribution in [0.2, 0.25) is 0 Å². The summed E-state index contributed by atoms with van der Waals surface area (Å²) in [5, 5.41) is 0. The zero-order valence-electron chi connectivity index (χ0n) is 36.5. The lowest BCUT2D eigenvalue weighted by Gasteiger charge is -2.39. The van der Waals surface area contributed by atoms with Crippen molar-refractivity contribution in [2.45, 2.75) is 15.2 Å². The van der Waals surface area contributed by atoms with Crippen LogP contribution in [-0.2, 0) is 5.41 Å². The Hall–Kier alpha value is -8.65. The van der Waals surface area contributed by atoms with Crippen LogP contribution in [0.15, 0.2) is 241 Å². The molecule has 0 atom stereocenters. The van der Waals surface area contributed by atoms with Gasteiger partial charge in [0.1, 0.15) is 0 Å². The predicted molar refractivity (Wildman–Crippen MR) is 273 cm³/mol. The molecule has 0 amide bonds. The number of aromatic nitrogens is 6. The number of fused-ring (bicyclic) bond motifs is 9. The van der Waals surface area contributed by atoms with Gasteiger partial charge in [-0.3, -0.25) is 9.97 Å². The van der Waals surface area contributed by atoms with Crippen LogP contribution in [0.25, 0.3) is 90.3 Å². The number of nitrogens with zero attached hydrogens (tertiary/aromatic N) is 6. The molecule has 1 spiro atoms. The highest BCUT2D eigenvalue weighted by atomic mass is 32.2. The minimum Gasteiger partial charge on any atom is -0.255 e. The molecule has 7 aromatic carbocycles. The smallest absolute Gasteiger partial charge is 0.164 e.